The third-order valence-corrected chi connectivity index (χ3v) is 8.81. The van der Waals surface area contributed by atoms with Crippen LogP contribution in [0.5, 0.6) is 0 Å². The minimum Gasteiger partial charge on any atom is -0.208 e. The van der Waals surface area contributed by atoms with Crippen molar-refractivity contribution in [3.05, 3.63) is 188 Å². The maximum absolute atomic E-state index is 9.69. The molecule has 0 saturated heterocycles. The Morgan fingerprint density at radius 1 is 0.320 bits per heavy atom. The second-order valence-corrected chi connectivity index (χ2v) is 12.0. The van der Waals surface area contributed by atoms with Gasteiger partial charge in [-0.25, -0.2) is 15.0 Å². The van der Waals surface area contributed by atoms with Gasteiger partial charge < -0.3 is 0 Å². The Labute approximate surface area is 291 Å². The molecule has 4 heteroatoms. The fourth-order valence-corrected chi connectivity index (χ4v) is 6.29. The van der Waals surface area contributed by atoms with Crippen LogP contribution in [0.2, 0.25) is 0 Å². The fourth-order valence-electron chi connectivity index (χ4n) is 6.29. The molecule has 1 heterocycles. The number of hydrogen-bond donors (Lipinski definition) is 0. The van der Waals surface area contributed by atoms with Crippen LogP contribution in [-0.2, 0) is 0 Å². The molecule has 0 aliphatic rings. The molecule has 0 radical (unpaired) electrons. The molecular weight excluding hydrogens is 609 g/mol. The number of rotatable bonds is 7. The zero-order valence-corrected chi connectivity index (χ0v) is 27.1. The van der Waals surface area contributed by atoms with Crippen LogP contribution < -0.4 is 0 Å². The Bertz CT molecular complexity index is 2350. The molecule has 0 unspecified atom stereocenters. The summed E-state index contributed by atoms with van der Waals surface area (Å²) < 4.78 is 0. The largest absolute Gasteiger partial charge is 0.208 e. The van der Waals surface area contributed by atoms with E-state index in [1.807, 2.05) is 84.9 Å². The van der Waals surface area contributed by atoms with E-state index in [1.54, 1.807) is 0 Å². The van der Waals surface area contributed by atoms with Crippen molar-refractivity contribution in [2.24, 2.45) is 0 Å². The van der Waals surface area contributed by atoms with Gasteiger partial charge in [0.1, 0.15) is 0 Å². The van der Waals surface area contributed by atoms with E-state index in [2.05, 4.69) is 103 Å². The van der Waals surface area contributed by atoms with Crippen molar-refractivity contribution in [2.45, 2.75) is 0 Å². The zero-order chi connectivity index (χ0) is 33.7. The minimum atomic E-state index is 0.571. The Morgan fingerprint density at radius 3 is 1.24 bits per heavy atom. The van der Waals surface area contributed by atoms with Crippen LogP contribution in [-0.4, -0.2) is 15.0 Å². The van der Waals surface area contributed by atoms with Crippen molar-refractivity contribution in [1.29, 1.82) is 5.26 Å². The van der Waals surface area contributed by atoms with Crippen LogP contribution in [0, 0.1) is 11.3 Å². The Morgan fingerprint density at radius 2 is 0.720 bits per heavy atom. The molecule has 0 fully saturated rings. The highest BCUT2D eigenvalue weighted by Gasteiger charge is 2.19. The number of nitriles is 1. The lowest BCUT2D eigenvalue weighted by Crippen LogP contribution is -2.02. The normalized spacial score (nSPS) is 10.8. The first-order valence-corrected chi connectivity index (χ1v) is 16.5. The molecule has 50 heavy (non-hydrogen) atoms. The molecular formula is C46H30N4. The maximum Gasteiger partial charge on any atom is 0.164 e. The first-order valence-electron chi connectivity index (χ1n) is 16.5. The van der Waals surface area contributed by atoms with Gasteiger partial charge in [0.2, 0.25) is 0 Å². The maximum atomic E-state index is 9.69. The van der Waals surface area contributed by atoms with Gasteiger partial charge in [0, 0.05) is 22.3 Å². The third-order valence-electron chi connectivity index (χ3n) is 8.81. The molecule has 0 aliphatic heterocycles. The van der Waals surface area contributed by atoms with Crippen molar-refractivity contribution < 1.29 is 0 Å². The van der Waals surface area contributed by atoms with Crippen LogP contribution >= 0.6 is 0 Å². The summed E-state index contributed by atoms with van der Waals surface area (Å²) in [5, 5.41) is 9.69. The van der Waals surface area contributed by atoms with Gasteiger partial charge >= 0.3 is 0 Å². The Balaban J connectivity index is 1.32. The van der Waals surface area contributed by atoms with Crippen LogP contribution in [0.25, 0.3) is 78.7 Å². The van der Waals surface area contributed by atoms with Crippen molar-refractivity contribution in [2.75, 3.05) is 0 Å². The first kappa shape index (κ1) is 30.4. The van der Waals surface area contributed by atoms with Gasteiger partial charge in [0.05, 0.1) is 11.6 Å². The van der Waals surface area contributed by atoms with E-state index < -0.39 is 0 Å². The van der Waals surface area contributed by atoms with E-state index in [1.165, 1.54) is 0 Å². The SMILES string of the molecule is N#Cc1cccc(-c2cccc(-c3nc(-c4ccc(-c5ccccc5)cc4)nc(-c4ccc(-c5ccccc5)cc4)n3)c2-c2ccccc2)c1. The summed E-state index contributed by atoms with van der Waals surface area (Å²) in [4.78, 5) is 15.3. The van der Waals surface area contributed by atoms with Gasteiger partial charge in [-0.2, -0.15) is 5.26 Å². The lowest BCUT2D eigenvalue weighted by atomic mass is 9.89. The van der Waals surface area contributed by atoms with E-state index in [-0.39, 0.29) is 0 Å². The van der Waals surface area contributed by atoms with E-state index in [0.717, 1.165) is 61.2 Å². The lowest BCUT2D eigenvalue weighted by Gasteiger charge is -2.16. The van der Waals surface area contributed by atoms with E-state index >= 15 is 0 Å². The molecule has 0 saturated carbocycles. The second-order valence-electron chi connectivity index (χ2n) is 12.0. The smallest absolute Gasteiger partial charge is 0.164 e. The van der Waals surface area contributed by atoms with Gasteiger partial charge in [-0.3, -0.25) is 0 Å². The molecule has 234 valence electrons. The summed E-state index contributed by atoms with van der Waals surface area (Å²) in [5.74, 6) is 1.75. The van der Waals surface area contributed by atoms with Crippen molar-refractivity contribution >= 4 is 0 Å². The summed E-state index contributed by atoms with van der Waals surface area (Å²) in [7, 11) is 0. The third kappa shape index (κ3) is 6.20. The zero-order valence-electron chi connectivity index (χ0n) is 27.1. The molecule has 0 bridgehead atoms. The molecule has 0 aliphatic carbocycles. The molecule has 8 rings (SSSR count). The van der Waals surface area contributed by atoms with Gasteiger partial charge in [0.15, 0.2) is 17.5 Å². The monoisotopic (exact) mass is 638 g/mol. The fraction of sp³-hybridized carbons (Fsp3) is 0. The Kier molecular flexibility index (Phi) is 8.29. The van der Waals surface area contributed by atoms with E-state index in [4.69, 9.17) is 15.0 Å². The van der Waals surface area contributed by atoms with Crippen LogP contribution in [0.1, 0.15) is 5.56 Å². The summed E-state index contributed by atoms with van der Waals surface area (Å²) >= 11 is 0. The molecule has 1 aromatic heterocycles. The van der Waals surface area contributed by atoms with Crippen molar-refractivity contribution in [1.82, 2.24) is 15.0 Å². The number of nitrogens with zero attached hydrogens (tertiary/aromatic N) is 4. The van der Waals surface area contributed by atoms with Crippen LogP contribution in [0.3, 0.4) is 0 Å². The molecule has 0 amide bonds. The van der Waals surface area contributed by atoms with Crippen molar-refractivity contribution in [3.63, 3.8) is 0 Å². The van der Waals surface area contributed by atoms with E-state index in [0.29, 0.717) is 23.0 Å². The average molecular weight is 639 g/mol. The van der Waals surface area contributed by atoms with Gasteiger partial charge in [0.25, 0.3) is 0 Å². The number of benzene rings is 7. The molecule has 0 N–H and O–H groups in total. The van der Waals surface area contributed by atoms with Gasteiger partial charge in [-0.15, -0.1) is 0 Å². The predicted octanol–water partition coefficient (Wildman–Crippen LogP) is 11.4. The van der Waals surface area contributed by atoms with E-state index in [9.17, 15) is 5.26 Å². The average Bonchev–Trinajstić information content (AvgIpc) is 3.21. The highest BCUT2D eigenvalue weighted by molar-refractivity contribution is 5.93. The predicted molar refractivity (Wildman–Crippen MR) is 203 cm³/mol. The highest BCUT2D eigenvalue weighted by Crippen LogP contribution is 2.40. The van der Waals surface area contributed by atoms with Crippen molar-refractivity contribution in [3.8, 4) is 84.7 Å². The van der Waals surface area contributed by atoms with Crippen LogP contribution in [0.4, 0.5) is 0 Å². The first-order chi connectivity index (χ1) is 24.7. The topological polar surface area (TPSA) is 62.5 Å². The highest BCUT2D eigenvalue weighted by atomic mass is 15.0. The summed E-state index contributed by atoms with van der Waals surface area (Å²) in [5.41, 5.74) is 11.8. The second kappa shape index (κ2) is 13.6. The quantitative estimate of drug-likeness (QED) is 0.174. The van der Waals surface area contributed by atoms with Gasteiger partial charge in [-0.05, 0) is 51.1 Å². The molecule has 7 aromatic carbocycles. The standard InChI is InChI=1S/C46H30N4/c47-31-32-12-10-19-40(30-32)41-20-11-21-42(43(41)37-17-8-3-9-18-37)46-49-44(38-26-22-35(23-27-38)33-13-4-1-5-14-33)48-45(50-46)39-28-24-36(25-29-39)34-15-6-2-7-16-34/h1-30H. The summed E-state index contributed by atoms with van der Waals surface area (Å²) in [6.07, 6.45) is 0. The number of aromatic nitrogens is 3. The summed E-state index contributed by atoms with van der Waals surface area (Å²) in [6.45, 7) is 0. The molecule has 8 aromatic rings. The molecule has 0 atom stereocenters. The number of hydrogen-bond acceptors (Lipinski definition) is 4. The summed E-state index contributed by atoms with van der Waals surface area (Å²) in [6, 6.07) is 63.9. The molecule has 4 nitrogen and oxygen atoms in total. The lowest BCUT2D eigenvalue weighted by molar-refractivity contribution is 1.07. The van der Waals surface area contributed by atoms with Gasteiger partial charge in [-0.1, -0.05) is 170 Å². The molecule has 0 spiro atoms. The van der Waals surface area contributed by atoms with Crippen LogP contribution in [0.15, 0.2) is 182 Å². The Hall–Kier alpha value is -6.96. The minimum absolute atomic E-state index is 0.571.